The second-order valence-corrected chi connectivity index (χ2v) is 3.54. The van der Waals surface area contributed by atoms with Crippen LogP contribution in [0.25, 0.3) is 0 Å². The molecule has 0 amide bonds. The molecule has 12 heavy (non-hydrogen) atoms. The maximum atomic E-state index is 9.76. The van der Waals surface area contributed by atoms with Crippen molar-refractivity contribution in [2.45, 2.75) is 40.2 Å². The van der Waals surface area contributed by atoms with Crippen molar-refractivity contribution in [3.63, 3.8) is 0 Å². The highest BCUT2D eigenvalue weighted by atomic mass is 16.3. The van der Waals surface area contributed by atoms with Crippen LogP contribution in [-0.4, -0.2) is 11.2 Å². The van der Waals surface area contributed by atoms with Gasteiger partial charge in [-0.2, -0.15) is 0 Å². The first-order chi connectivity index (χ1) is 5.50. The van der Waals surface area contributed by atoms with E-state index in [1.165, 1.54) is 0 Å². The van der Waals surface area contributed by atoms with Gasteiger partial charge < -0.3 is 5.11 Å². The van der Waals surface area contributed by atoms with Crippen molar-refractivity contribution in [1.29, 1.82) is 0 Å². The van der Waals surface area contributed by atoms with Gasteiger partial charge in [0.25, 0.3) is 0 Å². The van der Waals surface area contributed by atoms with Crippen LogP contribution in [0, 0.1) is 5.92 Å². The van der Waals surface area contributed by atoms with Gasteiger partial charge in [-0.25, -0.2) is 0 Å². The number of allylic oxidation sites excluding steroid dienone is 1. The predicted molar refractivity (Wildman–Crippen MR) is 54.0 cm³/mol. The summed E-state index contributed by atoms with van der Waals surface area (Å²) < 4.78 is 0. The number of aliphatic hydroxyl groups excluding tert-OH is 1. The van der Waals surface area contributed by atoms with Crippen LogP contribution < -0.4 is 0 Å². The number of hydrogen-bond donors (Lipinski definition) is 1. The molecule has 0 saturated heterocycles. The van der Waals surface area contributed by atoms with Crippen LogP contribution in [0.4, 0.5) is 0 Å². The molecular formula is C11H20O. The van der Waals surface area contributed by atoms with E-state index in [2.05, 4.69) is 13.5 Å². The molecular weight excluding hydrogens is 148 g/mol. The Bertz CT molecular complexity index is 177. The van der Waals surface area contributed by atoms with E-state index in [0.29, 0.717) is 0 Å². The SMILES string of the molecule is C=C(C)/C(=C\CC)[C@@H](O)C(C)C. The highest BCUT2D eigenvalue weighted by Gasteiger charge is 2.14. The number of aliphatic hydroxyl groups is 1. The van der Waals surface area contributed by atoms with Gasteiger partial charge in [0.2, 0.25) is 0 Å². The van der Waals surface area contributed by atoms with E-state index in [9.17, 15) is 5.11 Å². The Morgan fingerprint density at radius 1 is 1.50 bits per heavy atom. The quantitative estimate of drug-likeness (QED) is 0.640. The van der Waals surface area contributed by atoms with Crippen molar-refractivity contribution in [2.24, 2.45) is 5.92 Å². The highest BCUT2D eigenvalue weighted by molar-refractivity contribution is 5.30. The zero-order chi connectivity index (χ0) is 9.72. The molecule has 0 unspecified atom stereocenters. The lowest BCUT2D eigenvalue weighted by atomic mass is 9.94. The largest absolute Gasteiger partial charge is 0.388 e. The third-order valence-electron chi connectivity index (χ3n) is 1.87. The van der Waals surface area contributed by atoms with Gasteiger partial charge in [0.15, 0.2) is 0 Å². The fourth-order valence-corrected chi connectivity index (χ4v) is 1.13. The summed E-state index contributed by atoms with van der Waals surface area (Å²) in [5.41, 5.74) is 1.96. The molecule has 0 aliphatic heterocycles. The second kappa shape index (κ2) is 5.15. The Morgan fingerprint density at radius 2 is 2.00 bits per heavy atom. The van der Waals surface area contributed by atoms with Gasteiger partial charge in [-0.1, -0.05) is 39.0 Å². The van der Waals surface area contributed by atoms with Gasteiger partial charge in [-0.3, -0.25) is 0 Å². The van der Waals surface area contributed by atoms with E-state index >= 15 is 0 Å². The van der Waals surface area contributed by atoms with Crippen LogP contribution in [0.5, 0.6) is 0 Å². The Morgan fingerprint density at radius 3 is 2.25 bits per heavy atom. The van der Waals surface area contributed by atoms with Crippen LogP contribution in [0.15, 0.2) is 23.8 Å². The van der Waals surface area contributed by atoms with Gasteiger partial charge in [-0.15, -0.1) is 0 Å². The summed E-state index contributed by atoms with van der Waals surface area (Å²) in [5, 5.41) is 9.76. The minimum atomic E-state index is -0.359. The maximum absolute atomic E-state index is 9.76. The second-order valence-electron chi connectivity index (χ2n) is 3.54. The molecule has 1 atom stereocenters. The first kappa shape index (κ1) is 11.4. The van der Waals surface area contributed by atoms with Gasteiger partial charge in [0, 0.05) is 0 Å². The Kier molecular flexibility index (Phi) is 4.91. The topological polar surface area (TPSA) is 20.2 Å². The van der Waals surface area contributed by atoms with E-state index in [0.717, 1.165) is 17.6 Å². The van der Waals surface area contributed by atoms with Crippen molar-refractivity contribution in [1.82, 2.24) is 0 Å². The summed E-state index contributed by atoms with van der Waals surface area (Å²) in [6.45, 7) is 11.9. The normalized spacial score (nSPS) is 15.0. The third-order valence-corrected chi connectivity index (χ3v) is 1.87. The van der Waals surface area contributed by atoms with E-state index < -0.39 is 0 Å². The molecule has 0 spiro atoms. The molecule has 0 heterocycles. The lowest BCUT2D eigenvalue weighted by molar-refractivity contribution is 0.162. The minimum absolute atomic E-state index is 0.263. The summed E-state index contributed by atoms with van der Waals surface area (Å²) in [7, 11) is 0. The molecule has 0 saturated carbocycles. The van der Waals surface area contributed by atoms with E-state index in [-0.39, 0.29) is 12.0 Å². The molecule has 1 N–H and O–H groups in total. The fraction of sp³-hybridized carbons (Fsp3) is 0.636. The maximum Gasteiger partial charge on any atom is 0.0812 e. The molecule has 1 nitrogen and oxygen atoms in total. The van der Waals surface area contributed by atoms with Crippen molar-refractivity contribution in [3.05, 3.63) is 23.8 Å². The first-order valence-corrected chi connectivity index (χ1v) is 4.54. The molecule has 0 aromatic carbocycles. The van der Waals surface area contributed by atoms with Crippen molar-refractivity contribution in [3.8, 4) is 0 Å². The summed E-state index contributed by atoms with van der Waals surface area (Å²) in [6, 6.07) is 0. The van der Waals surface area contributed by atoms with Crippen LogP contribution in [0.1, 0.15) is 34.1 Å². The zero-order valence-corrected chi connectivity index (χ0v) is 8.59. The smallest absolute Gasteiger partial charge is 0.0812 e. The molecule has 0 bridgehead atoms. The van der Waals surface area contributed by atoms with E-state index in [4.69, 9.17) is 0 Å². The van der Waals surface area contributed by atoms with Crippen molar-refractivity contribution >= 4 is 0 Å². The average molecular weight is 168 g/mol. The Hall–Kier alpha value is -0.560. The monoisotopic (exact) mass is 168 g/mol. The minimum Gasteiger partial charge on any atom is -0.388 e. The van der Waals surface area contributed by atoms with Gasteiger partial charge in [0.05, 0.1) is 6.10 Å². The molecule has 0 aromatic heterocycles. The van der Waals surface area contributed by atoms with Crippen LogP contribution in [-0.2, 0) is 0 Å². The number of hydrogen-bond acceptors (Lipinski definition) is 1. The lowest BCUT2D eigenvalue weighted by Gasteiger charge is -2.18. The van der Waals surface area contributed by atoms with Crippen molar-refractivity contribution < 1.29 is 5.11 Å². The van der Waals surface area contributed by atoms with Gasteiger partial charge >= 0.3 is 0 Å². The van der Waals surface area contributed by atoms with Crippen LogP contribution in [0.3, 0.4) is 0 Å². The van der Waals surface area contributed by atoms with Crippen LogP contribution in [0.2, 0.25) is 0 Å². The Labute approximate surface area is 75.8 Å². The van der Waals surface area contributed by atoms with E-state index in [1.54, 1.807) is 0 Å². The first-order valence-electron chi connectivity index (χ1n) is 4.54. The summed E-state index contributed by atoms with van der Waals surface area (Å²) in [5.74, 6) is 0.263. The average Bonchev–Trinajstić information content (AvgIpc) is 1.98. The van der Waals surface area contributed by atoms with Gasteiger partial charge in [0.1, 0.15) is 0 Å². The molecule has 0 fully saturated rings. The van der Waals surface area contributed by atoms with E-state index in [1.807, 2.05) is 26.8 Å². The fourth-order valence-electron chi connectivity index (χ4n) is 1.13. The molecule has 0 aliphatic carbocycles. The molecule has 0 rings (SSSR count). The van der Waals surface area contributed by atoms with Crippen molar-refractivity contribution in [2.75, 3.05) is 0 Å². The molecule has 1 heteroatoms. The predicted octanol–water partition coefficient (Wildman–Crippen LogP) is 2.92. The summed E-state index contributed by atoms with van der Waals surface area (Å²) in [6.07, 6.45) is 2.64. The summed E-state index contributed by atoms with van der Waals surface area (Å²) in [4.78, 5) is 0. The lowest BCUT2D eigenvalue weighted by Crippen LogP contribution is -2.18. The molecule has 0 radical (unpaired) electrons. The number of rotatable bonds is 4. The highest BCUT2D eigenvalue weighted by Crippen LogP contribution is 2.18. The van der Waals surface area contributed by atoms with Crippen LogP contribution >= 0.6 is 0 Å². The van der Waals surface area contributed by atoms with Gasteiger partial charge in [-0.05, 0) is 24.8 Å². The standard InChI is InChI=1S/C11H20O/c1-6-7-10(8(2)3)11(12)9(4)5/h7,9,11-12H,2,6H2,1,3-5H3/b10-7+/t11-/m0/s1. The molecule has 70 valence electrons. The Balaban J connectivity index is 4.52. The summed E-state index contributed by atoms with van der Waals surface area (Å²) >= 11 is 0. The third kappa shape index (κ3) is 3.22. The molecule has 0 aromatic rings. The molecule has 0 aliphatic rings. The zero-order valence-electron chi connectivity index (χ0n) is 8.59.